The van der Waals surface area contributed by atoms with Crippen LogP contribution in [0.4, 0.5) is 0 Å². The average Bonchev–Trinajstić information content (AvgIpc) is 2.90. The largest absolute Gasteiger partial charge is 0.314 e. The quantitative estimate of drug-likeness (QED) is 0.852. The van der Waals surface area contributed by atoms with Gasteiger partial charge in [0, 0.05) is 31.1 Å². The third-order valence-electron chi connectivity index (χ3n) is 3.64. The first-order chi connectivity index (χ1) is 10.1. The highest BCUT2D eigenvalue weighted by atomic mass is 35.5. The molecule has 1 aliphatic heterocycles. The second-order valence-corrected chi connectivity index (χ2v) is 7.56. The summed E-state index contributed by atoms with van der Waals surface area (Å²) in [6.07, 6.45) is 0. The molecule has 2 nitrogen and oxygen atoms in total. The number of benzene rings is 1. The van der Waals surface area contributed by atoms with Gasteiger partial charge in [0.05, 0.1) is 20.4 Å². The fourth-order valence-corrected chi connectivity index (χ4v) is 4.18. The molecule has 1 aromatic heterocycles. The van der Waals surface area contributed by atoms with Crippen LogP contribution in [0.3, 0.4) is 0 Å². The van der Waals surface area contributed by atoms with Gasteiger partial charge in [-0.25, -0.2) is 0 Å². The van der Waals surface area contributed by atoms with Crippen LogP contribution in [0.1, 0.15) is 16.5 Å². The lowest BCUT2D eigenvalue weighted by molar-refractivity contribution is 0.200. The Balaban J connectivity index is 2.00. The Kier molecular flexibility index (Phi) is 5.10. The van der Waals surface area contributed by atoms with Gasteiger partial charge in [0.25, 0.3) is 0 Å². The molecule has 0 radical (unpaired) electrons. The van der Waals surface area contributed by atoms with Crippen LogP contribution in [0, 0.1) is 0 Å². The second kappa shape index (κ2) is 6.86. The molecule has 0 spiro atoms. The third-order valence-corrected chi connectivity index (χ3v) is 5.66. The molecule has 2 aromatic rings. The van der Waals surface area contributed by atoms with Gasteiger partial charge in [-0.1, -0.05) is 40.9 Å². The molecule has 1 atom stereocenters. The molecular formula is C15H15Cl3N2S. The Hall–Kier alpha value is -0.290. The Bertz CT molecular complexity index is 623. The summed E-state index contributed by atoms with van der Waals surface area (Å²) in [6.45, 7) is 3.99. The summed E-state index contributed by atoms with van der Waals surface area (Å²) >= 11 is 20.0. The lowest BCUT2D eigenvalue weighted by Crippen LogP contribution is -2.45. The molecule has 1 fully saturated rings. The number of rotatable bonds is 3. The number of nitrogens with one attached hydrogen (secondary N) is 1. The van der Waals surface area contributed by atoms with E-state index in [0.717, 1.165) is 36.1 Å². The first kappa shape index (κ1) is 15.6. The van der Waals surface area contributed by atoms with E-state index in [2.05, 4.69) is 22.3 Å². The minimum Gasteiger partial charge on any atom is -0.314 e. The standard InChI is InChI=1S/C15H15Cl3N2S/c16-11-2-1-10(9-12(11)17)15(13-3-4-14(18)21-13)20-7-5-19-6-8-20/h1-4,9,15,19H,5-8H2. The third kappa shape index (κ3) is 3.55. The van der Waals surface area contributed by atoms with E-state index in [-0.39, 0.29) is 6.04 Å². The van der Waals surface area contributed by atoms with Crippen molar-refractivity contribution in [2.45, 2.75) is 6.04 Å². The van der Waals surface area contributed by atoms with Crippen molar-refractivity contribution in [2.24, 2.45) is 0 Å². The van der Waals surface area contributed by atoms with E-state index in [0.29, 0.717) is 10.0 Å². The Morgan fingerprint density at radius 2 is 1.76 bits per heavy atom. The van der Waals surface area contributed by atoms with Crippen LogP contribution in [-0.2, 0) is 0 Å². The molecule has 112 valence electrons. The van der Waals surface area contributed by atoms with Crippen molar-refractivity contribution in [3.8, 4) is 0 Å². The highest BCUT2D eigenvalue weighted by molar-refractivity contribution is 7.16. The SMILES string of the molecule is Clc1ccc(C(c2ccc(Cl)c(Cl)c2)N2CCNCC2)s1. The van der Waals surface area contributed by atoms with Crippen LogP contribution in [0.2, 0.25) is 14.4 Å². The molecule has 1 unspecified atom stereocenters. The zero-order valence-electron chi connectivity index (χ0n) is 11.3. The van der Waals surface area contributed by atoms with Gasteiger partial charge in [-0.05, 0) is 29.8 Å². The maximum atomic E-state index is 6.20. The number of hydrogen-bond donors (Lipinski definition) is 1. The van der Waals surface area contributed by atoms with E-state index < -0.39 is 0 Å². The number of halogens is 3. The number of hydrogen-bond acceptors (Lipinski definition) is 3. The fraction of sp³-hybridized carbons (Fsp3) is 0.333. The van der Waals surface area contributed by atoms with Gasteiger partial charge in [-0.15, -0.1) is 11.3 Å². The summed E-state index contributed by atoms with van der Waals surface area (Å²) in [5.41, 5.74) is 1.16. The highest BCUT2D eigenvalue weighted by Crippen LogP contribution is 2.37. The zero-order chi connectivity index (χ0) is 14.8. The number of piperazine rings is 1. The lowest BCUT2D eigenvalue weighted by Gasteiger charge is -2.34. The summed E-state index contributed by atoms with van der Waals surface area (Å²) < 4.78 is 0.810. The van der Waals surface area contributed by atoms with Crippen LogP contribution >= 0.6 is 46.1 Å². The van der Waals surface area contributed by atoms with Gasteiger partial charge >= 0.3 is 0 Å². The minimum absolute atomic E-state index is 0.180. The molecule has 0 amide bonds. The Labute approximate surface area is 143 Å². The van der Waals surface area contributed by atoms with Gasteiger partial charge in [0.15, 0.2) is 0 Å². The van der Waals surface area contributed by atoms with E-state index in [1.54, 1.807) is 11.3 Å². The molecule has 1 aromatic carbocycles. The molecule has 2 heterocycles. The van der Waals surface area contributed by atoms with Crippen molar-refractivity contribution in [2.75, 3.05) is 26.2 Å². The van der Waals surface area contributed by atoms with Crippen LogP contribution < -0.4 is 5.32 Å². The van der Waals surface area contributed by atoms with Crippen LogP contribution in [0.25, 0.3) is 0 Å². The lowest BCUT2D eigenvalue weighted by atomic mass is 10.0. The molecule has 0 saturated carbocycles. The minimum atomic E-state index is 0.180. The van der Waals surface area contributed by atoms with Crippen molar-refractivity contribution in [1.82, 2.24) is 10.2 Å². The summed E-state index contributed by atoms with van der Waals surface area (Å²) in [5.74, 6) is 0. The van der Waals surface area contributed by atoms with Crippen molar-refractivity contribution in [1.29, 1.82) is 0 Å². The highest BCUT2D eigenvalue weighted by Gasteiger charge is 2.25. The van der Waals surface area contributed by atoms with Crippen LogP contribution in [-0.4, -0.2) is 31.1 Å². The van der Waals surface area contributed by atoms with E-state index in [9.17, 15) is 0 Å². The van der Waals surface area contributed by atoms with Crippen LogP contribution in [0.5, 0.6) is 0 Å². The van der Waals surface area contributed by atoms with Crippen molar-refractivity contribution in [3.63, 3.8) is 0 Å². The molecule has 0 bridgehead atoms. The second-order valence-electron chi connectivity index (χ2n) is 5.00. The summed E-state index contributed by atoms with van der Waals surface area (Å²) in [4.78, 5) is 3.69. The molecular weight excluding hydrogens is 347 g/mol. The van der Waals surface area contributed by atoms with Gasteiger partial charge in [0.2, 0.25) is 0 Å². The Morgan fingerprint density at radius 1 is 1.00 bits per heavy atom. The van der Waals surface area contributed by atoms with Gasteiger partial charge in [0.1, 0.15) is 0 Å². The smallest absolute Gasteiger partial charge is 0.0931 e. The predicted octanol–water partition coefficient (Wildman–Crippen LogP) is 4.70. The first-order valence-electron chi connectivity index (χ1n) is 6.80. The van der Waals surface area contributed by atoms with Crippen molar-refractivity contribution in [3.05, 3.63) is 55.2 Å². The molecule has 1 aliphatic rings. The summed E-state index contributed by atoms with van der Waals surface area (Å²) in [5, 5.41) is 4.57. The molecule has 1 N–H and O–H groups in total. The zero-order valence-corrected chi connectivity index (χ0v) is 14.4. The molecule has 21 heavy (non-hydrogen) atoms. The van der Waals surface area contributed by atoms with E-state index in [1.165, 1.54) is 4.88 Å². The first-order valence-corrected chi connectivity index (χ1v) is 8.75. The predicted molar refractivity (Wildman–Crippen MR) is 92.1 cm³/mol. The maximum Gasteiger partial charge on any atom is 0.0931 e. The normalized spacial score (nSPS) is 17.9. The van der Waals surface area contributed by atoms with E-state index in [1.807, 2.05) is 18.2 Å². The molecule has 0 aliphatic carbocycles. The van der Waals surface area contributed by atoms with Crippen molar-refractivity contribution >= 4 is 46.1 Å². The number of thiophene rings is 1. The molecule has 1 saturated heterocycles. The van der Waals surface area contributed by atoms with Gasteiger partial charge in [-0.3, -0.25) is 4.90 Å². The average molecular weight is 362 g/mol. The summed E-state index contributed by atoms with van der Waals surface area (Å²) in [6, 6.07) is 10.1. The van der Waals surface area contributed by atoms with Crippen LogP contribution in [0.15, 0.2) is 30.3 Å². The summed E-state index contributed by atoms with van der Waals surface area (Å²) in [7, 11) is 0. The van der Waals surface area contributed by atoms with E-state index in [4.69, 9.17) is 34.8 Å². The molecule has 3 rings (SSSR count). The van der Waals surface area contributed by atoms with Crippen molar-refractivity contribution < 1.29 is 0 Å². The monoisotopic (exact) mass is 360 g/mol. The van der Waals surface area contributed by atoms with Gasteiger partial charge in [-0.2, -0.15) is 0 Å². The van der Waals surface area contributed by atoms with Gasteiger partial charge < -0.3 is 5.32 Å². The Morgan fingerprint density at radius 3 is 2.38 bits per heavy atom. The maximum absolute atomic E-state index is 6.20. The fourth-order valence-electron chi connectivity index (χ4n) is 2.65. The van der Waals surface area contributed by atoms with E-state index >= 15 is 0 Å². The molecule has 6 heteroatoms. The topological polar surface area (TPSA) is 15.3 Å². The number of nitrogens with zero attached hydrogens (tertiary/aromatic N) is 1.